The van der Waals surface area contributed by atoms with Crippen molar-refractivity contribution in [1.82, 2.24) is 0 Å². The van der Waals surface area contributed by atoms with Crippen molar-refractivity contribution in [1.29, 1.82) is 0 Å². The van der Waals surface area contributed by atoms with Crippen LogP contribution in [0.5, 0.6) is 0 Å². The summed E-state index contributed by atoms with van der Waals surface area (Å²) >= 11 is 0. The van der Waals surface area contributed by atoms with Crippen molar-refractivity contribution >= 4 is 11.4 Å². The van der Waals surface area contributed by atoms with Gasteiger partial charge in [-0.25, -0.2) is 0 Å². The minimum absolute atomic E-state index is 0.0101. The fourth-order valence-electron chi connectivity index (χ4n) is 3.80. The predicted molar refractivity (Wildman–Crippen MR) is 106 cm³/mol. The van der Waals surface area contributed by atoms with E-state index in [4.69, 9.17) is 0 Å². The molecule has 0 fully saturated rings. The van der Waals surface area contributed by atoms with Crippen LogP contribution in [0.3, 0.4) is 0 Å². The topological polar surface area (TPSA) is 15.3 Å². The van der Waals surface area contributed by atoms with Gasteiger partial charge in [-0.3, -0.25) is 0 Å². The smallest absolute Gasteiger partial charge is 0.0797 e. The number of anilines is 2. The van der Waals surface area contributed by atoms with Crippen LogP contribution in [0.25, 0.3) is 0 Å². The van der Waals surface area contributed by atoms with Crippen LogP contribution in [0.2, 0.25) is 0 Å². The molecule has 1 N–H and O–H groups in total. The van der Waals surface area contributed by atoms with Crippen LogP contribution in [0, 0.1) is 0 Å². The number of hydrogen-bond acceptors (Lipinski definition) is 2. The first-order chi connectivity index (χ1) is 12.1. The summed E-state index contributed by atoms with van der Waals surface area (Å²) < 4.78 is 0. The third kappa shape index (κ3) is 3.12. The van der Waals surface area contributed by atoms with Crippen LogP contribution >= 0.6 is 0 Å². The Balaban J connectivity index is 1.88. The van der Waals surface area contributed by atoms with Crippen LogP contribution in [0.15, 0.2) is 84.9 Å². The fraction of sp³-hybridized carbons (Fsp3) is 0.217. The molecular formula is C23H24N2. The van der Waals surface area contributed by atoms with Crippen LogP contribution in [-0.2, 0) is 0 Å². The van der Waals surface area contributed by atoms with Gasteiger partial charge in [-0.05, 0) is 37.1 Å². The van der Waals surface area contributed by atoms with E-state index in [0.29, 0.717) is 0 Å². The molecule has 1 heterocycles. The largest absolute Gasteiger partial charge is 0.377 e. The van der Waals surface area contributed by atoms with Gasteiger partial charge in [0.25, 0.3) is 0 Å². The highest BCUT2D eigenvalue weighted by Crippen LogP contribution is 2.41. The van der Waals surface area contributed by atoms with E-state index >= 15 is 0 Å². The number of hydrogen-bond donors (Lipinski definition) is 1. The molecule has 0 unspecified atom stereocenters. The summed E-state index contributed by atoms with van der Waals surface area (Å²) in [5.41, 5.74) is 5.12. The molecule has 0 amide bonds. The Morgan fingerprint density at radius 3 is 1.88 bits per heavy atom. The van der Waals surface area contributed by atoms with E-state index in [0.717, 1.165) is 6.54 Å². The van der Waals surface area contributed by atoms with Crippen LogP contribution in [-0.4, -0.2) is 12.1 Å². The summed E-state index contributed by atoms with van der Waals surface area (Å²) in [7, 11) is 0. The molecule has 0 radical (unpaired) electrons. The maximum atomic E-state index is 3.68. The zero-order valence-electron chi connectivity index (χ0n) is 14.8. The average Bonchev–Trinajstić information content (AvgIpc) is 2.63. The van der Waals surface area contributed by atoms with Crippen molar-refractivity contribution in [2.24, 2.45) is 0 Å². The Morgan fingerprint density at radius 2 is 1.28 bits per heavy atom. The Labute approximate surface area is 150 Å². The maximum Gasteiger partial charge on any atom is 0.0797 e. The standard InChI is InChI=1S/C23H24N2/c1-23(2)17-25(21-16-10-9-15-20(21)24-23)22(18-11-5-3-6-12-18)19-13-7-4-8-14-19/h3-16,22,24H,17H2,1-2H3. The first-order valence-electron chi connectivity index (χ1n) is 8.88. The number of nitrogens with one attached hydrogen (secondary N) is 1. The van der Waals surface area contributed by atoms with Crippen molar-refractivity contribution in [3.05, 3.63) is 96.1 Å². The molecule has 3 aromatic carbocycles. The summed E-state index contributed by atoms with van der Waals surface area (Å²) in [6.45, 7) is 5.48. The van der Waals surface area contributed by atoms with E-state index in [2.05, 4.69) is 109 Å². The number of nitrogens with zero attached hydrogens (tertiary/aromatic N) is 1. The molecule has 1 aliphatic rings. The fourth-order valence-corrected chi connectivity index (χ4v) is 3.80. The minimum atomic E-state index is 0.0101. The second-order valence-electron chi connectivity index (χ2n) is 7.38. The lowest BCUT2D eigenvalue weighted by molar-refractivity contribution is 0.511. The van der Waals surface area contributed by atoms with E-state index in [9.17, 15) is 0 Å². The van der Waals surface area contributed by atoms with E-state index in [-0.39, 0.29) is 11.6 Å². The molecular weight excluding hydrogens is 304 g/mol. The molecule has 0 bridgehead atoms. The molecule has 0 aromatic heterocycles. The SMILES string of the molecule is CC1(C)CN(C(c2ccccc2)c2ccccc2)c2ccccc2N1. The van der Waals surface area contributed by atoms with Crippen molar-refractivity contribution in [2.45, 2.75) is 25.4 Å². The highest BCUT2D eigenvalue weighted by molar-refractivity contribution is 5.74. The summed E-state index contributed by atoms with van der Waals surface area (Å²) in [6.07, 6.45) is 0. The molecule has 0 spiro atoms. The molecule has 2 heteroatoms. The Kier molecular flexibility index (Phi) is 3.96. The van der Waals surface area contributed by atoms with Crippen molar-refractivity contribution in [2.75, 3.05) is 16.8 Å². The summed E-state index contributed by atoms with van der Waals surface area (Å²) in [6, 6.07) is 30.4. The Morgan fingerprint density at radius 1 is 0.760 bits per heavy atom. The van der Waals surface area contributed by atoms with Gasteiger partial charge in [-0.2, -0.15) is 0 Å². The van der Waals surface area contributed by atoms with Crippen molar-refractivity contribution < 1.29 is 0 Å². The zero-order chi connectivity index (χ0) is 17.3. The van der Waals surface area contributed by atoms with Crippen molar-refractivity contribution in [3.8, 4) is 0 Å². The lowest BCUT2D eigenvalue weighted by Crippen LogP contribution is -2.49. The highest BCUT2D eigenvalue weighted by Gasteiger charge is 2.34. The highest BCUT2D eigenvalue weighted by atomic mass is 15.2. The van der Waals surface area contributed by atoms with E-state index in [1.54, 1.807) is 0 Å². The van der Waals surface area contributed by atoms with Gasteiger partial charge >= 0.3 is 0 Å². The third-order valence-electron chi connectivity index (χ3n) is 4.79. The van der Waals surface area contributed by atoms with Gasteiger partial charge in [0.1, 0.15) is 0 Å². The average molecular weight is 328 g/mol. The normalized spacial score (nSPS) is 15.6. The van der Waals surface area contributed by atoms with E-state index in [1.807, 2.05) is 0 Å². The molecule has 4 rings (SSSR count). The van der Waals surface area contributed by atoms with E-state index in [1.165, 1.54) is 22.5 Å². The molecule has 0 aliphatic carbocycles. The van der Waals surface area contributed by atoms with Gasteiger partial charge in [0.15, 0.2) is 0 Å². The summed E-state index contributed by atoms with van der Waals surface area (Å²) in [4.78, 5) is 2.54. The van der Waals surface area contributed by atoms with E-state index < -0.39 is 0 Å². The lowest BCUT2D eigenvalue weighted by Gasteiger charge is -2.46. The molecule has 2 nitrogen and oxygen atoms in total. The zero-order valence-corrected chi connectivity index (χ0v) is 14.8. The second-order valence-corrected chi connectivity index (χ2v) is 7.38. The van der Waals surface area contributed by atoms with Crippen molar-refractivity contribution in [3.63, 3.8) is 0 Å². The number of benzene rings is 3. The number of para-hydroxylation sites is 2. The molecule has 126 valence electrons. The molecule has 25 heavy (non-hydrogen) atoms. The van der Waals surface area contributed by atoms with Gasteiger partial charge in [0, 0.05) is 12.1 Å². The molecule has 0 saturated heterocycles. The number of rotatable bonds is 3. The molecule has 1 aliphatic heterocycles. The monoisotopic (exact) mass is 328 g/mol. The van der Waals surface area contributed by atoms with Crippen LogP contribution in [0.4, 0.5) is 11.4 Å². The van der Waals surface area contributed by atoms with Crippen LogP contribution in [0.1, 0.15) is 31.0 Å². The van der Waals surface area contributed by atoms with Gasteiger partial charge in [-0.15, -0.1) is 0 Å². The predicted octanol–water partition coefficient (Wildman–Crippen LogP) is 5.49. The quantitative estimate of drug-likeness (QED) is 0.684. The summed E-state index contributed by atoms with van der Waals surface area (Å²) in [5.74, 6) is 0. The Hall–Kier alpha value is -2.74. The number of fused-ring (bicyclic) bond motifs is 1. The van der Waals surface area contributed by atoms with Gasteiger partial charge in [0.05, 0.1) is 17.4 Å². The molecule has 0 atom stereocenters. The maximum absolute atomic E-state index is 3.68. The lowest BCUT2D eigenvalue weighted by atomic mass is 9.91. The molecule has 0 saturated carbocycles. The first-order valence-corrected chi connectivity index (χ1v) is 8.88. The summed E-state index contributed by atoms with van der Waals surface area (Å²) in [5, 5.41) is 3.68. The van der Waals surface area contributed by atoms with Gasteiger partial charge in [-0.1, -0.05) is 72.8 Å². The molecule has 3 aromatic rings. The minimum Gasteiger partial charge on any atom is -0.377 e. The van der Waals surface area contributed by atoms with Gasteiger partial charge < -0.3 is 10.2 Å². The van der Waals surface area contributed by atoms with Crippen LogP contribution < -0.4 is 10.2 Å². The Bertz CT molecular complexity index is 801. The second kappa shape index (κ2) is 6.29. The first kappa shape index (κ1) is 15.8. The third-order valence-corrected chi connectivity index (χ3v) is 4.79. The van der Waals surface area contributed by atoms with Gasteiger partial charge in [0.2, 0.25) is 0 Å².